The number of nitrogens with zero attached hydrogens (tertiary/aromatic N) is 3. The van der Waals surface area contributed by atoms with E-state index in [-0.39, 0.29) is 5.92 Å². The molecule has 6 heteroatoms. The van der Waals surface area contributed by atoms with Crippen LogP contribution in [0.3, 0.4) is 0 Å². The first-order valence-electron chi connectivity index (χ1n) is 8.86. The summed E-state index contributed by atoms with van der Waals surface area (Å²) in [5, 5.41) is 14.5. The Balaban J connectivity index is 1.99. The zero-order chi connectivity index (χ0) is 18.7. The van der Waals surface area contributed by atoms with Crippen molar-refractivity contribution in [3.05, 3.63) is 47.5 Å². The number of ether oxygens (including phenoxy) is 1. The Hall–Kier alpha value is -1.50. The van der Waals surface area contributed by atoms with E-state index in [1.165, 1.54) is 0 Å². The highest BCUT2D eigenvalue weighted by molar-refractivity contribution is 6.76. The van der Waals surface area contributed by atoms with E-state index in [0.717, 1.165) is 23.9 Å². The molecule has 2 heterocycles. The fourth-order valence-electron chi connectivity index (χ4n) is 2.41. The molecule has 0 spiro atoms. The van der Waals surface area contributed by atoms with Crippen LogP contribution in [-0.2, 0) is 17.1 Å². The first kappa shape index (κ1) is 19.8. The van der Waals surface area contributed by atoms with Crippen molar-refractivity contribution in [3.8, 4) is 0 Å². The highest BCUT2D eigenvalue weighted by atomic mass is 28.3. The molecule has 138 valence electrons. The summed E-state index contributed by atoms with van der Waals surface area (Å²) in [4.78, 5) is 4.62. The predicted molar refractivity (Wildman–Crippen MR) is 103 cm³/mol. The second-order valence-corrected chi connectivity index (χ2v) is 14.0. The molecule has 0 saturated heterocycles. The molecule has 0 aliphatic carbocycles. The lowest BCUT2D eigenvalue weighted by Gasteiger charge is -2.18. The Kier molecular flexibility index (Phi) is 6.19. The van der Waals surface area contributed by atoms with Crippen LogP contribution in [0.5, 0.6) is 0 Å². The smallest absolute Gasteiger partial charge is 0.139 e. The molecule has 0 aliphatic rings. The van der Waals surface area contributed by atoms with Gasteiger partial charge in [-0.3, -0.25) is 4.98 Å². The van der Waals surface area contributed by atoms with Crippen LogP contribution in [-0.4, -0.2) is 34.6 Å². The molecule has 25 heavy (non-hydrogen) atoms. The molecule has 0 amide bonds. The molecule has 2 aromatic rings. The van der Waals surface area contributed by atoms with Gasteiger partial charge in [-0.2, -0.15) is 5.10 Å². The van der Waals surface area contributed by atoms with E-state index in [4.69, 9.17) is 4.74 Å². The molecule has 1 N–H and O–H groups in total. The van der Waals surface area contributed by atoms with Gasteiger partial charge in [0.15, 0.2) is 0 Å². The minimum Gasteiger partial charge on any atom is -0.384 e. The number of rotatable bonds is 8. The largest absolute Gasteiger partial charge is 0.384 e. The zero-order valence-electron chi connectivity index (χ0n) is 16.3. The van der Waals surface area contributed by atoms with E-state index in [1.54, 1.807) is 13.8 Å². The summed E-state index contributed by atoms with van der Waals surface area (Å²) in [7, 11) is -1.06. The number of aliphatic hydroxyl groups is 1. The van der Waals surface area contributed by atoms with Gasteiger partial charge in [-0.05, 0) is 37.6 Å². The normalized spacial score (nSPS) is 13.9. The lowest BCUT2D eigenvalue weighted by atomic mass is 9.98. The number of aromatic nitrogens is 3. The number of hydrogen-bond acceptors (Lipinski definition) is 4. The minimum absolute atomic E-state index is 0.109. The highest BCUT2D eigenvalue weighted by Crippen LogP contribution is 2.25. The van der Waals surface area contributed by atoms with Crippen LogP contribution in [0.1, 0.15) is 43.6 Å². The maximum absolute atomic E-state index is 10.2. The first-order chi connectivity index (χ1) is 11.6. The molecular weight excluding hydrogens is 330 g/mol. The van der Waals surface area contributed by atoms with Crippen molar-refractivity contribution in [2.45, 2.75) is 64.7 Å². The third-order valence-electron chi connectivity index (χ3n) is 4.21. The predicted octanol–water partition coefficient (Wildman–Crippen LogP) is 3.97. The Morgan fingerprint density at radius 3 is 2.64 bits per heavy atom. The van der Waals surface area contributed by atoms with Gasteiger partial charge in [-0.15, -0.1) is 0 Å². The third kappa shape index (κ3) is 6.06. The van der Waals surface area contributed by atoms with Gasteiger partial charge in [-0.25, -0.2) is 4.68 Å². The average Bonchev–Trinajstić information content (AvgIpc) is 2.98. The molecule has 1 unspecified atom stereocenters. The minimum atomic E-state index is -1.06. The molecule has 0 aromatic carbocycles. The number of hydrogen-bond donors (Lipinski definition) is 1. The Bertz CT molecular complexity index is 686. The first-order valence-corrected chi connectivity index (χ1v) is 12.6. The molecule has 5 nitrogen and oxygen atoms in total. The lowest BCUT2D eigenvalue weighted by molar-refractivity contribution is 0.0736. The fraction of sp³-hybridized carbons (Fsp3) is 0.579. The molecular formula is C19H31N3O2Si. The second-order valence-electron chi connectivity index (χ2n) is 8.39. The van der Waals surface area contributed by atoms with E-state index < -0.39 is 13.7 Å². The van der Waals surface area contributed by atoms with Gasteiger partial charge >= 0.3 is 0 Å². The van der Waals surface area contributed by atoms with Crippen molar-refractivity contribution >= 4 is 8.07 Å². The van der Waals surface area contributed by atoms with Crippen molar-refractivity contribution in [1.82, 2.24) is 14.8 Å². The standard InChI is InChI=1S/C19H31N3O2Si/c1-15(17-8-7-9-18(21-17)19(2,3)23)16-12-20-22(13-16)14-24-10-11-25(4,5)6/h7-9,12-13,15,23H,10-11,14H2,1-6H3. The van der Waals surface area contributed by atoms with E-state index in [0.29, 0.717) is 12.4 Å². The molecule has 2 aromatic heterocycles. The fourth-order valence-corrected chi connectivity index (χ4v) is 3.17. The van der Waals surface area contributed by atoms with Crippen LogP contribution in [0.2, 0.25) is 25.7 Å². The highest BCUT2D eigenvalue weighted by Gasteiger charge is 2.20. The molecule has 0 bridgehead atoms. The third-order valence-corrected chi connectivity index (χ3v) is 5.92. The van der Waals surface area contributed by atoms with E-state index >= 15 is 0 Å². The van der Waals surface area contributed by atoms with Gasteiger partial charge in [-0.1, -0.05) is 32.6 Å². The summed E-state index contributed by atoms with van der Waals surface area (Å²) in [5.74, 6) is 0.109. The monoisotopic (exact) mass is 361 g/mol. The summed E-state index contributed by atoms with van der Waals surface area (Å²) >= 11 is 0. The van der Waals surface area contributed by atoms with Crippen molar-refractivity contribution in [2.75, 3.05) is 6.61 Å². The van der Waals surface area contributed by atoms with E-state index in [9.17, 15) is 5.11 Å². The van der Waals surface area contributed by atoms with Crippen molar-refractivity contribution < 1.29 is 9.84 Å². The second kappa shape index (κ2) is 7.80. The van der Waals surface area contributed by atoms with Crippen LogP contribution in [0.15, 0.2) is 30.6 Å². The van der Waals surface area contributed by atoms with Gasteiger partial charge in [0.25, 0.3) is 0 Å². The van der Waals surface area contributed by atoms with Gasteiger partial charge in [0.1, 0.15) is 12.3 Å². The van der Waals surface area contributed by atoms with Crippen molar-refractivity contribution in [2.24, 2.45) is 0 Å². The summed E-state index contributed by atoms with van der Waals surface area (Å²) < 4.78 is 7.57. The SMILES string of the molecule is CC(c1cnn(COCC[Si](C)(C)C)c1)c1cccc(C(C)(C)O)n1. The summed E-state index contributed by atoms with van der Waals surface area (Å²) in [6.07, 6.45) is 3.88. The molecule has 0 aliphatic heterocycles. The van der Waals surface area contributed by atoms with Crippen LogP contribution in [0.25, 0.3) is 0 Å². The van der Waals surface area contributed by atoms with E-state index in [2.05, 4.69) is 36.6 Å². The quantitative estimate of drug-likeness (QED) is 0.571. The van der Waals surface area contributed by atoms with Crippen LogP contribution in [0.4, 0.5) is 0 Å². The topological polar surface area (TPSA) is 60.2 Å². The molecule has 1 atom stereocenters. The van der Waals surface area contributed by atoms with Gasteiger partial charge in [0.05, 0.1) is 11.9 Å². The van der Waals surface area contributed by atoms with Crippen LogP contribution < -0.4 is 0 Å². The molecule has 0 saturated carbocycles. The summed E-state index contributed by atoms with van der Waals surface area (Å²) in [5.41, 5.74) is 1.76. The van der Waals surface area contributed by atoms with Gasteiger partial charge in [0, 0.05) is 32.5 Å². The Morgan fingerprint density at radius 2 is 2.00 bits per heavy atom. The molecule has 0 fully saturated rings. The maximum Gasteiger partial charge on any atom is 0.139 e. The van der Waals surface area contributed by atoms with Crippen LogP contribution in [0, 0.1) is 0 Å². The lowest BCUT2D eigenvalue weighted by Crippen LogP contribution is -2.22. The molecule has 2 rings (SSSR count). The van der Waals surface area contributed by atoms with Crippen LogP contribution >= 0.6 is 0 Å². The maximum atomic E-state index is 10.2. The zero-order valence-corrected chi connectivity index (χ0v) is 17.3. The Labute approximate surface area is 152 Å². The summed E-state index contributed by atoms with van der Waals surface area (Å²) in [6.45, 7) is 13.9. The number of pyridine rings is 1. The van der Waals surface area contributed by atoms with Crippen molar-refractivity contribution in [1.29, 1.82) is 0 Å². The average molecular weight is 362 g/mol. The van der Waals surface area contributed by atoms with Gasteiger partial charge < -0.3 is 9.84 Å². The van der Waals surface area contributed by atoms with Gasteiger partial charge in [0.2, 0.25) is 0 Å². The summed E-state index contributed by atoms with van der Waals surface area (Å²) in [6, 6.07) is 6.94. The molecule has 0 radical (unpaired) electrons. The van der Waals surface area contributed by atoms with Crippen molar-refractivity contribution in [3.63, 3.8) is 0 Å². The Morgan fingerprint density at radius 1 is 1.28 bits per heavy atom. The van der Waals surface area contributed by atoms with E-state index in [1.807, 2.05) is 35.3 Å².